The molecule has 0 saturated heterocycles. The molecule has 0 radical (unpaired) electrons. The standard InChI is InChI=1S/C14H28N2O2S/c1-3-5-7-8-10-12-16-19(17,18)14(13-15)11-9-6-4-2/h14,16H,3-12H2,1-2H3. The van der Waals surface area contributed by atoms with E-state index in [0.29, 0.717) is 13.0 Å². The van der Waals surface area contributed by atoms with E-state index in [9.17, 15) is 8.42 Å². The molecule has 0 saturated carbocycles. The smallest absolute Gasteiger partial charge is 0.214 e. The summed E-state index contributed by atoms with van der Waals surface area (Å²) in [6.45, 7) is 4.67. The van der Waals surface area contributed by atoms with Gasteiger partial charge < -0.3 is 0 Å². The highest BCUT2D eigenvalue weighted by Crippen LogP contribution is 2.10. The van der Waals surface area contributed by atoms with E-state index in [-0.39, 0.29) is 0 Å². The van der Waals surface area contributed by atoms with Gasteiger partial charge in [0.05, 0.1) is 6.07 Å². The Morgan fingerprint density at radius 3 is 2.16 bits per heavy atom. The molecule has 0 aromatic heterocycles. The first-order valence-electron chi connectivity index (χ1n) is 7.46. The highest BCUT2D eigenvalue weighted by molar-refractivity contribution is 7.90. The molecule has 1 N–H and O–H groups in total. The van der Waals surface area contributed by atoms with E-state index in [2.05, 4.69) is 18.6 Å². The molecule has 5 heteroatoms. The molecular formula is C14H28N2O2S. The summed E-state index contributed by atoms with van der Waals surface area (Å²) in [6, 6.07) is 1.91. The summed E-state index contributed by atoms with van der Waals surface area (Å²) in [5, 5.41) is 8.07. The fraction of sp³-hybridized carbons (Fsp3) is 0.929. The van der Waals surface area contributed by atoms with Crippen molar-refractivity contribution >= 4 is 10.0 Å². The maximum absolute atomic E-state index is 11.9. The van der Waals surface area contributed by atoms with Crippen molar-refractivity contribution in [3.63, 3.8) is 0 Å². The minimum Gasteiger partial charge on any atom is -0.214 e. The van der Waals surface area contributed by atoms with E-state index in [0.717, 1.165) is 38.5 Å². The Kier molecular flexibility index (Phi) is 10.9. The SMILES string of the molecule is CCCCCCCNS(=O)(=O)C(C#N)CCCCC. The van der Waals surface area contributed by atoms with Crippen molar-refractivity contribution in [1.82, 2.24) is 4.72 Å². The molecule has 0 aliphatic carbocycles. The first-order valence-corrected chi connectivity index (χ1v) is 9.01. The van der Waals surface area contributed by atoms with Gasteiger partial charge in [-0.15, -0.1) is 0 Å². The summed E-state index contributed by atoms with van der Waals surface area (Å²) >= 11 is 0. The van der Waals surface area contributed by atoms with Crippen LogP contribution in [0.1, 0.15) is 71.6 Å². The van der Waals surface area contributed by atoms with Crippen LogP contribution in [0.2, 0.25) is 0 Å². The fourth-order valence-electron chi connectivity index (χ4n) is 1.91. The van der Waals surface area contributed by atoms with Gasteiger partial charge in [-0.25, -0.2) is 13.1 Å². The van der Waals surface area contributed by atoms with Crippen LogP contribution < -0.4 is 4.72 Å². The zero-order chi connectivity index (χ0) is 14.6. The second-order valence-corrected chi connectivity index (χ2v) is 6.91. The first-order chi connectivity index (χ1) is 9.08. The van der Waals surface area contributed by atoms with Crippen LogP contribution in [0.4, 0.5) is 0 Å². The average Bonchev–Trinajstić information content (AvgIpc) is 2.38. The lowest BCUT2D eigenvalue weighted by Crippen LogP contribution is -2.34. The maximum Gasteiger partial charge on any atom is 0.227 e. The maximum atomic E-state index is 11.9. The molecule has 112 valence electrons. The second-order valence-electron chi connectivity index (χ2n) is 4.97. The Balaban J connectivity index is 3.96. The Labute approximate surface area is 118 Å². The van der Waals surface area contributed by atoms with Crippen molar-refractivity contribution in [3.8, 4) is 6.07 Å². The molecule has 0 aromatic rings. The molecule has 0 aliphatic rings. The van der Waals surface area contributed by atoms with Crippen LogP contribution in [-0.4, -0.2) is 20.2 Å². The first kappa shape index (κ1) is 18.4. The normalized spacial score (nSPS) is 13.1. The number of sulfonamides is 1. The molecule has 0 aliphatic heterocycles. The van der Waals surface area contributed by atoms with Gasteiger partial charge in [-0.3, -0.25) is 0 Å². The zero-order valence-corrected chi connectivity index (χ0v) is 13.1. The fourth-order valence-corrected chi connectivity index (χ4v) is 3.16. The van der Waals surface area contributed by atoms with Crippen LogP contribution in [-0.2, 0) is 10.0 Å². The Morgan fingerprint density at radius 2 is 1.58 bits per heavy atom. The summed E-state index contributed by atoms with van der Waals surface area (Å²) in [5.74, 6) is 0. The second kappa shape index (κ2) is 11.2. The molecule has 0 spiro atoms. The highest BCUT2D eigenvalue weighted by Gasteiger charge is 2.23. The summed E-state index contributed by atoms with van der Waals surface area (Å²) < 4.78 is 26.4. The monoisotopic (exact) mass is 288 g/mol. The predicted molar refractivity (Wildman–Crippen MR) is 79.2 cm³/mol. The van der Waals surface area contributed by atoms with Gasteiger partial charge >= 0.3 is 0 Å². The quantitative estimate of drug-likeness (QED) is 0.560. The van der Waals surface area contributed by atoms with E-state index in [1.807, 2.05) is 6.07 Å². The van der Waals surface area contributed by atoms with E-state index in [1.165, 1.54) is 12.8 Å². The molecule has 1 unspecified atom stereocenters. The van der Waals surface area contributed by atoms with Gasteiger partial charge in [-0.05, 0) is 12.8 Å². The van der Waals surface area contributed by atoms with E-state index < -0.39 is 15.3 Å². The van der Waals surface area contributed by atoms with Gasteiger partial charge in [0, 0.05) is 6.54 Å². The number of nitrogens with one attached hydrogen (secondary N) is 1. The molecule has 4 nitrogen and oxygen atoms in total. The Bertz CT molecular complexity index is 347. The third kappa shape index (κ3) is 9.01. The largest absolute Gasteiger partial charge is 0.227 e. The number of unbranched alkanes of at least 4 members (excludes halogenated alkanes) is 6. The lowest BCUT2D eigenvalue weighted by atomic mass is 10.2. The Hall–Kier alpha value is -0.600. The van der Waals surface area contributed by atoms with E-state index in [1.54, 1.807) is 0 Å². The molecule has 0 bridgehead atoms. The van der Waals surface area contributed by atoms with Crippen molar-refractivity contribution < 1.29 is 8.42 Å². The summed E-state index contributed by atoms with van der Waals surface area (Å²) in [5.41, 5.74) is 0. The average molecular weight is 288 g/mol. The zero-order valence-electron chi connectivity index (χ0n) is 12.3. The number of hydrogen-bond donors (Lipinski definition) is 1. The minimum absolute atomic E-state index is 0.440. The summed E-state index contributed by atoms with van der Waals surface area (Å²) in [4.78, 5) is 0. The van der Waals surface area contributed by atoms with Gasteiger partial charge in [0.1, 0.15) is 0 Å². The van der Waals surface area contributed by atoms with Crippen LogP contribution in [0.5, 0.6) is 0 Å². The van der Waals surface area contributed by atoms with E-state index in [4.69, 9.17) is 5.26 Å². The molecule has 1 atom stereocenters. The van der Waals surface area contributed by atoms with Crippen molar-refractivity contribution in [1.29, 1.82) is 5.26 Å². The van der Waals surface area contributed by atoms with Gasteiger partial charge in [0.15, 0.2) is 5.25 Å². The summed E-state index contributed by atoms with van der Waals surface area (Å²) in [6.07, 6.45) is 8.67. The topological polar surface area (TPSA) is 70.0 Å². The van der Waals surface area contributed by atoms with Crippen LogP contribution in [0.25, 0.3) is 0 Å². The van der Waals surface area contributed by atoms with Gasteiger partial charge in [0.25, 0.3) is 0 Å². The predicted octanol–water partition coefficient (Wildman–Crippen LogP) is 3.35. The lowest BCUT2D eigenvalue weighted by Gasteiger charge is -2.11. The Morgan fingerprint density at radius 1 is 1.00 bits per heavy atom. The van der Waals surface area contributed by atoms with Gasteiger partial charge in [-0.2, -0.15) is 5.26 Å². The molecule has 0 fully saturated rings. The number of hydrogen-bond acceptors (Lipinski definition) is 3. The molecule has 0 amide bonds. The van der Waals surface area contributed by atoms with Crippen molar-refractivity contribution in [2.24, 2.45) is 0 Å². The van der Waals surface area contributed by atoms with Gasteiger partial charge in [-0.1, -0.05) is 58.8 Å². The molecule has 0 rings (SSSR count). The molecule has 19 heavy (non-hydrogen) atoms. The highest BCUT2D eigenvalue weighted by atomic mass is 32.2. The number of rotatable bonds is 12. The third-order valence-corrected chi connectivity index (χ3v) is 4.87. The molecular weight excluding hydrogens is 260 g/mol. The van der Waals surface area contributed by atoms with Crippen molar-refractivity contribution in [2.75, 3.05) is 6.54 Å². The summed E-state index contributed by atoms with van der Waals surface area (Å²) in [7, 11) is -3.46. The van der Waals surface area contributed by atoms with E-state index >= 15 is 0 Å². The number of nitriles is 1. The van der Waals surface area contributed by atoms with Gasteiger partial charge in [0.2, 0.25) is 10.0 Å². The van der Waals surface area contributed by atoms with Crippen molar-refractivity contribution in [2.45, 2.75) is 76.9 Å². The molecule has 0 aromatic carbocycles. The third-order valence-electron chi connectivity index (χ3n) is 3.17. The van der Waals surface area contributed by atoms with Crippen LogP contribution in [0.3, 0.4) is 0 Å². The van der Waals surface area contributed by atoms with Crippen LogP contribution >= 0.6 is 0 Å². The van der Waals surface area contributed by atoms with Crippen LogP contribution in [0, 0.1) is 11.3 Å². The van der Waals surface area contributed by atoms with Crippen molar-refractivity contribution in [3.05, 3.63) is 0 Å². The molecule has 0 heterocycles. The van der Waals surface area contributed by atoms with Crippen LogP contribution in [0.15, 0.2) is 0 Å². The minimum atomic E-state index is -3.46. The lowest BCUT2D eigenvalue weighted by molar-refractivity contribution is 0.555. The number of nitrogens with zero attached hydrogens (tertiary/aromatic N) is 1.